The number of fused-ring (bicyclic) bond motifs is 1. The highest BCUT2D eigenvalue weighted by molar-refractivity contribution is 5.77. The van der Waals surface area contributed by atoms with Gasteiger partial charge in [0.15, 0.2) is 5.58 Å². The van der Waals surface area contributed by atoms with Gasteiger partial charge in [-0.05, 0) is 48.9 Å². The monoisotopic (exact) mass is 473 g/mol. The number of pyridine rings is 1. The van der Waals surface area contributed by atoms with Crippen LogP contribution in [0.2, 0.25) is 0 Å². The Morgan fingerprint density at radius 1 is 1.11 bits per heavy atom. The molecule has 0 spiro atoms. The number of carbonyl (C=O) groups is 1. The maximum atomic E-state index is 11.3. The van der Waals surface area contributed by atoms with Crippen molar-refractivity contribution in [3.05, 3.63) is 66.4 Å². The zero-order valence-electron chi connectivity index (χ0n) is 19.9. The van der Waals surface area contributed by atoms with E-state index in [1.165, 1.54) is 6.92 Å². The van der Waals surface area contributed by atoms with Crippen LogP contribution in [0.5, 0.6) is 17.2 Å². The zero-order chi connectivity index (χ0) is 24.4. The fraction of sp³-hybridized carbons (Fsp3) is 0.296. The second kappa shape index (κ2) is 9.38. The van der Waals surface area contributed by atoms with Gasteiger partial charge in [-0.15, -0.1) is 0 Å². The molecule has 1 atom stereocenters. The number of nitrogens with zero attached hydrogens (tertiary/aromatic N) is 2. The number of aromatic nitrogens is 2. The van der Waals surface area contributed by atoms with E-state index in [-0.39, 0.29) is 17.4 Å². The lowest BCUT2D eigenvalue weighted by Crippen LogP contribution is -2.44. The molecule has 1 amide bonds. The first-order valence-corrected chi connectivity index (χ1v) is 11.5. The highest BCUT2D eigenvalue weighted by Crippen LogP contribution is 2.31. The second-order valence-corrected chi connectivity index (χ2v) is 9.22. The van der Waals surface area contributed by atoms with Crippen LogP contribution in [0.25, 0.3) is 22.7 Å². The van der Waals surface area contributed by atoms with Crippen molar-refractivity contribution < 1.29 is 23.4 Å². The van der Waals surface area contributed by atoms with Crippen molar-refractivity contribution in [1.82, 2.24) is 15.3 Å². The third-order valence-corrected chi connectivity index (χ3v) is 5.82. The van der Waals surface area contributed by atoms with E-state index < -0.39 is 0 Å². The smallest absolute Gasteiger partial charge is 0.246 e. The Bertz CT molecular complexity index is 1340. The number of nitrogens with one attached hydrogen (secondary N) is 1. The van der Waals surface area contributed by atoms with Crippen LogP contribution in [0.3, 0.4) is 0 Å². The van der Waals surface area contributed by atoms with Crippen LogP contribution in [0.15, 0.2) is 65.2 Å². The lowest BCUT2D eigenvalue weighted by molar-refractivity contribution is -0.120. The van der Waals surface area contributed by atoms with E-state index >= 15 is 0 Å². The van der Waals surface area contributed by atoms with Crippen molar-refractivity contribution in [2.45, 2.75) is 26.8 Å². The molecule has 1 N–H and O–H groups in total. The Hall–Kier alpha value is -3.91. The van der Waals surface area contributed by atoms with Gasteiger partial charge in [0, 0.05) is 18.4 Å². The highest BCUT2D eigenvalue weighted by atomic mass is 16.5. The van der Waals surface area contributed by atoms with Crippen LogP contribution in [-0.2, 0) is 9.53 Å². The average molecular weight is 474 g/mol. The molecule has 1 aliphatic rings. The molecule has 0 aliphatic carbocycles. The first-order valence-electron chi connectivity index (χ1n) is 11.5. The van der Waals surface area contributed by atoms with Crippen LogP contribution in [-0.4, -0.2) is 35.7 Å². The Labute approximate surface area is 203 Å². The fourth-order valence-electron chi connectivity index (χ4n) is 3.83. The molecule has 8 heteroatoms. The molecule has 4 aromatic rings. The predicted octanol–water partition coefficient (Wildman–Crippen LogP) is 5.29. The first kappa shape index (κ1) is 22.9. The number of oxazole rings is 1. The van der Waals surface area contributed by atoms with Gasteiger partial charge >= 0.3 is 0 Å². The minimum absolute atomic E-state index is 0.0760. The van der Waals surface area contributed by atoms with Crippen LogP contribution < -0.4 is 14.8 Å². The minimum atomic E-state index is -0.126. The van der Waals surface area contributed by atoms with Crippen LogP contribution in [0.4, 0.5) is 0 Å². The molecule has 5 rings (SSSR count). The van der Waals surface area contributed by atoms with Gasteiger partial charge < -0.3 is 23.9 Å². The number of amides is 1. The molecule has 180 valence electrons. The number of carbonyl (C=O) groups excluding carboxylic acids is 1. The summed E-state index contributed by atoms with van der Waals surface area (Å²) in [5.41, 5.74) is 2.97. The summed E-state index contributed by atoms with van der Waals surface area (Å²) in [7, 11) is 0. The molecule has 35 heavy (non-hydrogen) atoms. The van der Waals surface area contributed by atoms with Gasteiger partial charge in [-0.3, -0.25) is 4.79 Å². The molecular formula is C27H27N3O5. The Balaban J connectivity index is 1.26. The maximum Gasteiger partial charge on any atom is 0.246 e. The molecule has 3 heterocycles. The van der Waals surface area contributed by atoms with Crippen molar-refractivity contribution >= 4 is 17.0 Å². The SMILES string of the molecule is CC(=O)NC(C)c1ccc2nc(-c3ccc(Oc4cccc(OCC5(C)COC5)c4)cn3)oc2c1. The molecule has 1 unspecified atom stereocenters. The molecular weight excluding hydrogens is 446 g/mol. The molecule has 2 aromatic heterocycles. The van der Waals surface area contributed by atoms with Gasteiger partial charge in [0.25, 0.3) is 0 Å². The minimum Gasteiger partial charge on any atom is -0.493 e. The molecule has 0 bridgehead atoms. The van der Waals surface area contributed by atoms with E-state index in [2.05, 4.69) is 22.2 Å². The molecule has 0 radical (unpaired) electrons. The summed E-state index contributed by atoms with van der Waals surface area (Å²) in [6, 6.07) is 16.7. The number of ether oxygens (including phenoxy) is 3. The lowest BCUT2D eigenvalue weighted by atomic mass is 9.90. The van der Waals surface area contributed by atoms with Gasteiger partial charge in [0.2, 0.25) is 11.8 Å². The summed E-state index contributed by atoms with van der Waals surface area (Å²) in [5.74, 6) is 2.33. The quantitative estimate of drug-likeness (QED) is 0.371. The Morgan fingerprint density at radius 3 is 2.66 bits per heavy atom. The van der Waals surface area contributed by atoms with E-state index in [0.29, 0.717) is 35.3 Å². The third kappa shape index (κ3) is 5.27. The van der Waals surface area contributed by atoms with Crippen molar-refractivity contribution in [2.24, 2.45) is 5.41 Å². The molecule has 8 nitrogen and oxygen atoms in total. The fourth-order valence-corrected chi connectivity index (χ4v) is 3.83. The molecule has 1 fully saturated rings. The molecule has 0 saturated carbocycles. The maximum absolute atomic E-state index is 11.3. The summed E-state index contributed by atoms with van der Waals surface area (Å²) < 4.78 is 23.1. The predicted molar refractivity (Wildman–Crippen MR) is 130 cm³/mol. The summed E-state index contributed by atoms with van der Waals surface area (Å²) in [6.07, 6.45) is 1.63. The zero-order valence-corrected chi connectivity index (χ0v) is 19.9. The molecule has 1 aliphatic heterocycles. The first-order chi connectivity index (χ1) is 16.9. The third-order valence-electron chi connectivity index (χ3n) is 5.82. The summed E-state index contributed by atoms with van der Waals surface area (Å²) in [5, 5.41) is 2.87. The standard InChI is InChI=1S/C27H27N3O5/c1-17(29-18(2)31)19-7-9-23-25(11-19)35-26(30-23)24-10-8-22(13-28-24)34-21-6-4-5-20(12-21)33-16-27(3)14-32-15-27/h4-13,17H,14-16H2,1-3H3,(H,29,31). The molecule has 1 saturated heterocycles. The van der Waals surface area contributed by atoms with Gasteiger partial charge in [-0.1, -0.05) is 19.1 Å². The van der Waals surface area contributed by atoms with E-state index in [1.807, 2.05) is 55.5 Å². The van der Waals surface area contributed by atoms with E-state index in [4.69, 9.17) is 18.6 Å². The molecule has 2 aromatic carbocycles. The summed E-state index contributed by atoms with van der Waals surface area (Å²) in [6.45, 7) is 7.61. The number of rotatable bonds is 8. The van der Waals surface area contributed by atoms with Gasteiger partial charge in [-0.2, -0.15) is 0 Å². The number of hydrogen-bond donors (Lipinski definition) is 1. The van der Waals surface area contributed by atoms with E-state index in [9.17, 15) is 4.79 Å². The lowest BCUT2D eigenvalue weighted by Gasteiger charge is -2.37. The van der Waals surface area contributed by atoms with Crippen molar-refractivity contribution in [3.63, 3.8) is 0 Å². The second-order valence-electron chi connectivity index (χ2n) is 9.22. The number of benzene rings is 2. The van der Waals surface area contributed by atoms with E-state index in [0.717, 1.165) is 30.0 Å². The van der Waals surface area contributed by atoms with Gasteiger partial charge in [-0.25, -0.2) is 9.97 Å². The van der Waals surface area contributed by atoms with Crippen molar-refractivity contribution in [2.75, 3.05) is 19.8 Å². The summed E-state index contributed by atoms with van der Waals surface area (Å²) in [4.78, 5) is 20.3. The highest BCUT2D eigenvalue weighted by Gasteiger charge is 2.34. The Morgan fingerprint density at radius 2 is 1.94 bits per heavy atom. The van der Waals surface area contributed by atoms with Crippen molar-refractivity contribution in [3.8, 4) is 28.8 Å². The topological polar surface area (TPSA) is 95.7 Å². The average Bonchev–Trinajstić information content (AvgIpc) is 3.25. The van der Waals surface area contributed by atoms with Crippen molar-refractivity contribution in [1.29, 1.82) is 0 Å². The van der Waals surface area contributed by atoms with Crippen LogP contribution in [0, 0.1) is 5.41 Å². The van der Waals surface area contributed by atoms with Gasteiger partial charge in [0.05, 0.1) is 32.1 Å². The Kier molecular flexibility index (Phi) is 6.13. The van der Waals surface area contributed by atoms with E-state index in [1.54, 1.807) is 12.3 Å². The van der Waals surface area contributed by atoms with Crippen LogP contribution in [0.1, 0.15) is 32.4 Å². The normalized spacial score (nSPS) is 15.3. The number of hydrogen-bond acceptors (Lipinski definition) is 7. The largest absolute Gasteiger partial charge is 0.493 e. The van der Waals surface area contributed by atoms with Gasteiger partial charge in [0.1, 0.15) is 28.5 Å². The van der Waals surface area contributed by atoms with Crippen LogP contribution >= 0.6 is 0 Å². The summed E-state index contributed by atoms with van der Waals surface area (Å²) >= 11 is 0.